The van der Waals surface area contributed by atoms with Crippen LogP contribution in [0.4, 0.5) is 9.59 Å². The molecule has 0 heterocycles. The van der Waals surface area contributed by atoms with Gasteiger partial charge in [-0.1, -0.05) is 72.8 Å². The highest BCUT2D eigenvalue weighted by Gasteiger charge is 2.29. The molecule has 8 heteroatoms. The van der Waals surface area contributed by atoms with Crippen LogP contribution in [0.15, 0.2) is 72.8 Å². The number of ether oxygens (including phenoxy) is 2. The third kappa shape index (κ3) is 6.70. The first-order valence-corrected chi connectivity index (χ1v) is 12.5. The van der Waals surface area contributed by atoms with Crippen molar-refractivity contribution in [1.29, 1.82) is 0 Å². The van der Waals surface area contributed by atoms with Gasteiger partial charge in [-0.05, 0) is 54.2 Å². The second kappa shape index (κ2) is 11.4. The lowest BCUT2D eigenvalue weighted by Crippen LogP contribution is -2.44. The number of hydrogen-bond acceptors (Lipinski definition) is 5. The van der Waals surface area contributed by atoms with Gasteiger partial charge in [-0.2, -0.15) is 0 Å². The Morgan fingerprint density at radius 3 is 1.95 bits per heavy atom. The third-order valence-corrected chi connectivity index (χ3v) is 6.23. The summed E-state index contributed by atoms with van der Waals surface area (Å²) in [4.78, 5) is 36.0. The van der Waals surface area contributed by atoms with E-state index in [9.17, 15) is 19.5 Å². The maximum absolute atomic E-state index is 12.4. The topological polar surface area (TPSA) is 114 Å². The summed E-state index contributed by atoms with van der Waals surface area (Å²) in [5, 5.41) is 14.6. The number of carboxylic acids is 1. The van der Waals surface area contributed by atoms with Crippen LogP contribution in [0, 0.1) is 0 Å². The van der Waals surface area contributed by atoms with Gasteiger partial charge >= 0.3 is 18.2 Å². The van der Waals surface area contributed by atoms with Gasteiger partial charge in [-0.15, -0.1) is 0 Å². The van der Waals surface area contributed by atoms with E-state index in [1.54, 1.807) is 45.0 Å². The summed E-state index contributed by atoms with van der Waals surface area (Å²) in [5.41, 5.74) is 5.46. The Balaban J connectivity index is 1.28. The standard InChI is InChI=1S/C30H32N2O6/c1-30(2,3)38-29(36)32-26(27(33)34)16-19-12-14-20(15-13-19)17-31-28(35)37-18-25-23-10-6-4-8-21(23)22-9-5-7-11-24(22)25/h4-15,25-26H,16-18H2,1-3H3,(H,31,35)(H,32,36)(H,33,34)/t26-/m1/s1. The summed E-state index contributed by atoms with van der Waals surface area (Å²) >= 11 is 0. The van der Waals surface area contributed by atoms with Crippen molar-refractivity contribution in [2.24, 2.45) is 0 Å². The number of amides is 2. The summed E-state index contributed by atoms with van der Waals surface area (Å²) in [6.45, 7) is 5.61. The second-order valence-electron chi connectivity index (χ2n) is 10.2. The minimum absolute atomic E-state index is 0.0103. The fourth-order valence-corrected chi connectivity index (χ4v) is 4.50. The van der Waals surface area contributed by atoms with E-state index in [1.807, 2.05) is 24.3 Å². The Labute approximate surface area is 222 Å². The molecule has 1 aliphatic rings. The molecule has 8 nitrogen and oxygen atoms in total. The van der Waals surface area contributed by atoms with Gasteiger partial charge in [0.25, 0.3) is 0 Å². The molecule has 0 bridgehead atoms. The zero-order valence-electron chi connectivity index (χ0n) is 21.7. The Hall–Kier alpha value is -4.33. The molecule has 3 aromatic rings. The summed E-state index contributed by atoms with van der Waals surface area (Å²) < 4.78 is 10.7. The van der Waals surface area contributed by atoms with Crippen molar-refractivity contribution in [3.63, 3.8) is 0 Å². The van der Waals surface area contributed by atoms with Gasteiger partial charge in [0.1, 0.15) is 18.2 Å². The second-order valence-corrected chi connectivity index (χ2v) is 10.2. The molecular formula is C30H32N2O6. The third-order valence-electron chi connectivity index (χ3n) is 6.23. The molecule has 0 radical (unpaired) electrons. The maximum atomic E-state index is 12.4. The lowest BCUT2D eigenvalue weighted by atomic mass is 9.98. The van der Waals surface area contributed by atoms with E-state index in [4.69, 9.17) is 9.47 Å². The zero-order chi connectivity index (χ0) is 27.3. The smallest absolute Gasteiger partial charge is 0.408 e. The monoisotopic (exact) mass is 516 g/mol. The van der Waals surface area contributed by atoms with Crippen LogP contribution in [0.5, 0.6) is 0 Å². The number of carboxylic acid groups (broad SMARTS) is 1. The fourth-order valence-electron chi connectivity index (χ4n) is 4.50. The molecule has 0 aliphatic heterocycles. The van der Waals surface area contributed by atoms with Crippen molar-refractivity contribution >= 4 is 18.2 Å². The first kappa shape index (κ1) is 26.7. The average Bonchev–Trinajstić information content (AvgIpc) is 3.19. The van der Waals surface area contributed by atoms with Crippen LogP contribution in [0.25, 0.3) is 11.1 Å². The van der Waals surface area contributed by atoms with Crippen LogP contribution >= 0.6 is 0 Å². The van der Waals surface area contributed by atoms with E-state index < -0.39 is 29.8 Å². The molecule has 0 aromatic heterocycles. The molecule has 198 valence electrons. The molecule has 0 saturated heterocycles. The largest absolute Gasteiger partial charge is 0.480 e. The molecule has 2 amide bonds. The minimum atomic E-state index is -1.16. The molecule has 3 N–H and O–H groups in total. The van der Waals surface area contributed by atoms with Gasteiger partial charge in [0.05, 0.1) is 0 Å². The Kier molecular flexibility index (Phi) is 8.00. The van der Waals surface area contributed by atoms with Crippen molar-refractivity contribution in [1.82, 2.24) is 10.6 Å². The summed E-state index contributed by atoms with van der Waals surface area (Å²) in [7, 11) is 0. The minimum Gasteiger partial charge on any atom is -0.480 e. The number of rotatable bonds is 8. The normalized spacial score (nSPS) is 13.1. The first-order valence-electron chi connectivity index (χ1n) is 12.5. The predicted molar refractivity (Wildman–Crippen MR) is 143 cm³/mol. The van der Waals surface area contributed by atoms with E-state index in [1.165, 1.54) is 11.1 Å². The number of benzene rings is 3. The van der Waals surface area contributed by atoms with E-state index in [2.05, 4.69) is 34.9 Å². The number of aliphatic carboxylic acids is 1. The molecule has 4 rings (SSSR count). The van der Waals surface area contributed by atoms with Gasteiger partial charge in [0.2, 0.25) is 0 Å². The molecule has 38 heavy (non-hydrogen) atoms. The van der Waals surface area contributed by atoms with Crippen molar-refractivity contribution in [2.75, 3.05) is 6.61 Å². The predicted octanol–water partition coefficient (Wildman–Crippen LogP) is 5.25. The van der Waals surface area contributed by atoms with Crippen LogP contribution in [0.1, 0.15) is 48.9 Å². The fraction of sp³-hybridized carbons (Fsp3) is 0.300. The van der Waals surface area contributed by atoms with Crippen LogP contribution in [0.2, 0.25) is 0 Å². The molecule has 0 spiro atoms. The highest BCUT2D eigenvalue weighted by atomic mass is 16.6. The number of fused-ring (bicyclic) bond motifs is 3. The summed E-state index contributed by atoms with van der Waals surface area (Å²) in [5.74, 6) is -1.17. The SMILES string of the molecule is CC(C)(C)OC(=O)N[C@H](Cc1ccc(CNC(=O)OCC2c3ccccc3-c3ccccc32)cc1)C(=O)O. The lowest BCUT2D eigenvalue weighted by Gasteiger charge is -2.22. The van der Waals surface area contributed by atoms with Gasteiger partial charge in [0, 0.05) is 18.9 Å². The Morgan fingerprint density at radius 2 is 1.39 bits per heavy atom. The van der Waals surface area contributed by atoms with Crippen LogP contribution in [-0.4, -0.2) is 41.5 Å². The quantitative estimate of drug-likeness (QED) is 0.377. The number of carbonyl (C=O) groups is 3. The zero-order valence-corrected chi connectivity index (χ0v) is 21.7. The van der Waals surface area contributed by atoms with Crippen molar-refractivity contribution in [3.05, 3.63) is 95.1 Å². The van der Waals surface area contributed by atoms with Crippen LogP contribution in [-0.2, 0) is 27.2 Å². The molecule has 3 aromatic carbocycles. The molecule has 0 saturated carbocycles. The molecule has 0 unspecified atom stereocenters. The highest BCUT2D eigenvalue weighted by Crippen LogP contribution is 2.44. The Bertz CT molecular complexity index is 1270. The van der Waals surface area contributed by atoms with Gasteiger partial charge in [0.15, 0.2) is 0 Å². The summed E-state index contributed by atoms with van der Waals surface area (Å²) in [6, 6.07) is 22.3. The number of nitrogens with one attached hydrogen (secondary N) is 2. The highest BCUT2D eigenvalue weighted by molar-refractivity contribution is 5.80. The first-order chi connectivity index (χ1) is 18.1. The van der Waals surface area contributed by atoms with Crippen molar-refractivity contribution in [3.8, 4) is 11.1 Å². The van der Waals surface area contributed by atoms with E-state index in [-0.39, 0.29) is 25.5 Å². The average molecular weight is 517 g/mol. The number of alkyl carbamates (subject to hydrolysis) is 2. The van der Waals surface area contributed by atoms with E-state index >= 15 is 0 Å². The number of carbonyl (C=O) groups excluding carboxylic acids is 2. The number of hydrogen-bond donors (Lipinski definition) is 3. The van der Waals surface area contributed by atoms with Crippen molar-refractivity contribution in [2.45, 2.75) is 51.3 Å². The van der Waals surface area contributed by atoms with E-state index in [0.29, 0.717) is 0 Å². The molecule has 1 aliphatic carbocycles. The van der Waals surface area contributed by atoms with Crippen molar-refractivity contribution < 1.29 is 29.0 Å². The molecule has 0 fully saturated rings. The molecular weight excluding hydrogens is 484 g/mol. The van der Waals surface area contributed by atoms with Gasteiger partial charge < -0.3 is 25.2 Å². The summed E-state index contributed by atoms with van der Waals surface area (Å²) in [6.07, 6.45) is -1.20. The Morgan fingerprint density at radius 1 is 0.842 bits per heavy atom. The van der Waals surface area contributed by atoms with Gasteiger partial charge in [-0.25, -0.2) is 14.4 Å². The van der Waals surface area contributed by atoms with Crippen LogP contribution < -0.4 is 10.6 Å². The molecule has 1 atom stereocenters. The van der Waals surface area contributed by atoms with Gasteiger partial charge in [-0.3, -0.25) is 0 Å². The van der Waals surface area contributed by atoms with E-state index in [0.717, 1.165) is 22.3 Å². The maximum Gasteiger partial charge on any atom is 0.408 e. The van der Waals surface area contributed by atoms with Crippen LogP contribution in [0.3, 0.4) is 0 Å². The lowest BCUT2D eigenvalue weighted by molar-refractivity contribution is -0.139.